The van der Waals surface area contributed by atoms with E-state index in [1.54, 1.807) is 48.5 Å². The van der Waals surface area contributed by atoms with Gasteiger partial charge in [0.15, 0.2) is 0 Å². The van der Waals surface area contributed by atoms with E-state index < -0.39 is 10.0 Å². The largest absolute Gasteiger partial charge is 0.283 e. The third kappa shape index (κ3) is 3.11. The van der Waals surface area contributed by atoms with E-state index in [1.165, 1.54) is 30.1 Å². The molecule has 130 valence electrons. The molecule has 0 fully saturated rings. The molecule has 26 heavy (non-hydrogen) atoms. The van der Waals surface area contributed by atoms with Crippen LogP contribution in [0.25, 0.3) is 10.9 Å². The molecule has 0 spiro atoms. The van der Waals surface area contributed by atoms with Gasteiger partial charge < -0.3 is 0 Å². The minimum Gasteiger partial charge on any atom is -0.207 e. The molecule has 0 saturated carbocycles. The number of hydrogen-bond donors (Lipinski definition) is 0. The topological polar surface area (TPSA) is 52.0 Å². The van der Waals surface area contributed by atoms with Crippen molar-refractivity contribution >= 4 is 32.7 Å². The van der Waals surface area contributed by atoms with E-state index in [4.69, 9.17) is 0 Å². The fraction of sp³-hybridized carbons (Fsp3) is 0. The molecule has 4 nitrogen and oxygen atoms in total. The Bertz CT molecular complexity index is 1170. The number of fused-ring (bicyclic) bond motifs is 1. The van der Waals surface area contributed by atoms with Crippen LogP contribution in [0.15, 0.2) is 93.7 Å². The van der Waals surface area contributed by atoms with E-state index in [1.807, 2.05) is 12.1 Å². The van der Waals surface area contributed by atoms with Crippen LogP contribution in [0.2, 0.25) is 0 Å². The van der Waals surface area contributed by atoms with Crippen molar-refractivity contribution in [1.82, 2.24) is 9.19 Å². The van der Waals surface area contributed by atoms with Gasteiger partial charge in [-0.15, -0.1) is 0 Å². The Labute approximate surface area is 154 Å². The highest BCUT2D eigenvalue weighted by Gasteiger charge is 2.20. The molecule has 1 aromatic heterocycles. The van der Waals surface area contributed by atoms with E-state index in [2.05, 4.69) is 5.10 Å². The molecule has 3 aromatic carbocycles. The van der Waals surface area contributed by atoms with Crippen molar-refractivity contribution in [1.29, 1.82) is 0 Å². The smallest absolute Gasteiger partial charge is 0.207 e. The van der Waals surface area contributed by atoms with Gasteiger partial charge in [-0.1, -0.05) is 30.0 Å². The number of rotatable bonds is 4. The second-order valence-electron chi connectivity index (χ2n) is 5.58. The van der Waals surface area contributed by atoms with E-state index in [-0.39, 0.29) is 10.7 Å². The van der Waals surface area contributed by atoms with E-state index in [9.17, 15) is 12.8 Å². The lowest BCUT2D eigenvalue weighted by Gasteiger charge is -2.06. The molecule has 4 aromatic rings. The van der Waals surface area contributed by atoms with Crippen molar-refractivity contribution in [2.75, 3.05) is 0 Å². The Hall–Kier alpha value is -2.64. The highest BCUT2D eigenvalue weighted by molar-refractivity contribution is 7.99. The molecule has 0 bridgehead atoms. The number of benzene rings is 3. The summed E-state index contributed by atoms with van der Waals surface area (Å²) in [6, 6.07) is 19.9. The van der Waals surface area contributed by atoms with Crippen molar-refractivity contribution in [2.24, 2.45) is 0 Å². The first kappa shape index (κ1) is 16.8. The van der Waals surface area contributed by atoms with Crippen LogP contribution in [-0.2, 0) is 10.0 Å². The zero-order valence-corrected chi connectivity index (χ0v) is 15.0. The Balaban J connectivity index is 1.71. The van der Waals surface area contributed by atoms with Crippen LogP contribution in [0.4, 0.5) is 4.39 Å². The summed E-state index contributed by atoms with van der Waals surface area (Å²) in [6.45, 7) is 0. The predicted molar refractivity (Wildman–Crippen MR) is 99.3 cm³/mol. The fourth-order valence-electron chi connectivity index (χ4n) is 2.57. The molecule has 0 atom stereocenters. The van der Waals surface area contributed by atoms with Crippen LogP contribution >= 0.6 is 11.8 Å². The Morgan fingerprint density at radius 3 is 2.31 bits per heavy atom. The van der Waals surface area contributed by atoms with Gasteiger partial charge >= 0.3 is 0 Å². The first-order valence-electron chi connectivity index (χ1n) is 7.76. The second kappa shape index (κ2) is 6.59. The SMILES string of the molecule is O=S(=O)(c1ccccc1)n1ncc2cc(Sc3ccc(F)cc3)ccc21. The molecular weight excluding hydrogens is 371 g/mol. The third-order valence-electron chi connectivity index (χ3n) is 3.82. The van der Waals surface area contributed by atoms with Crippen molar-refractivity contribution < 1.29 is 12.8 Å². The van der Waals surface area contributed by atoms with Crippen molar-refractivity contribution in [2.45, 2.75) is 14.7 Å². The van der Waals surface area contributed by atoms with Gasteiger partial charge in [-0.2, -0.15) is 17.6 Å². The first-order chi connectivity index (χ1) is 12.5. The van der Waals surface area contributed by atoms with E-state index >= 15 is 0 Å². The van der Waals surface area contributed by atoms with Gasteiger partial charge in [-0.25, -0.2) is 4.39 Å². The molecule has 1 heterocycles. The number of halogens is 1. The lowest BCUT2D eigenvalue weighted by atomic mass is 10.3. The zero-order valence-electron chi connectivity index (χ0n) is 13.4. The summed E-state index contributed by atoms with van der Waals surface area (Å²) in [5.74, 6) is -0.280. The number of nitrogens with zero attached hydrogens (tertiary/aromatic N) is 2. The van der Waals surface area contributed by atoms with Crippen LogP contribution in [0, 0.1) is 5.82 Å². The lowest BCUT2D eigenvalue weighted by molar-refractivity contribution is 0.582. The average molecular weight is 384 g/mol. The minimum absolute atomic E-state index is 0.190. The zero-order chi connectivity index (χ0) is 18.1. The van der Waals surface area contributed by atoms with Gasteiger partial charge in [0.2, 0.25) is 0 Å². The molecule has 7 heteroatoms. The average Bonchev–Trinajstić information content (AvgIpc) is 3.08. The molecule has 0 aliphatic heterocycles. The molecule has 0 unspecified atom stereocenters. The third-order valence-corrected chi connectivity index (χ3v) is 6.44. The molecule has 0 N–H and O–H groups in total. The van der Waals surface area contributed by atoms with Crippen LogP contribution in [0.3, 0.4) is 0 Å². The highest BCUT2D eigenvalue weighted by Crippen LogP contribution is 2.31. The molecule has 0 amide bonds. The maximum atomic E-state index is 13.0. The quantitative estimate of drug-likeness (QED) is 0.517. The molecule has 0 aliphatic carbocycles. The summed E-state index contributed by atoms with van der Waals surface area (Å²) >= 11 is 1.47. The summed E-state index contributed by atoms with van der Waals surface area (Å²) < 4.78 is 39.6. The Morgan fingerprint density at radius 1 is 0.885 bits per heavy atom. The van der Waals surface area contributed by atoms with Crippen molar-refractivity contribution in [3.05, 3.63) is 84.8 Å². The van der Waals surface area contributed by atoms with Crippen LogP contribution < -0.4 is 0 Å². The molecule has 4 rings (SSSR count). The van der Waals surface area contributed by atoms with Gasteiger partial charge in [0.25, 0.3) is 10.0 Å². The maximum Gasteiger partial charge on any atom is 0.283 e. The van der Waals surface area contributed by atoms with E-state index in [0.717, 1.165) is 19.3 Å². The Kier molecular flexibility index (Phi) is 4.26. The highest BCUT2D eigenvalue weighted by atomic mass is 32.2. The molecule has 0 radical (unpaired) electrons. The molecule has 0 saturated heterocycles. The van der Waals surface area contributed by atoms with Crippen molar-refractivity contribution in [3.8, 4) is 0 Å². The summed E-state index contributed by atoms with van der Waals surface area (Å²) in [5.41, 5.74) is 0.511. The minimum atomic E-state index is -3.74. The number of aromatic nitrogens is 2. The summed E-state index contributed by atoms with van der Waals surface area (Å²) in [4.78, 5) is 2.01. The van der Waals surface area contributed by atoms with Gasteiger partial charge in [0.05, 0.1) is 16.6 Å². The standard InChI is InChI=1S/C19H13FN2O2S2/c20-15-6-8-16(9-7-15)25-17-10-11-19-14(12-17)13-21-22(19)26(23,24)18-4-2-1-3-5-18/h1-13H. The van der Waals surface area contributed by atoms with Gasteiger partial charge in [0, 0.05) is 15.2 Å². The second-order valence-corrected chi connectivity index (χ2v) is 8.50. The van der Waals surface area contributed by atoms with Gasteiger partial charge in [-0.3, -0.25) is 0 Å². The Morgan fingerprint density at radius 2 is 1.58 bits per heavy atom. The summed E-state index contributed by atoms with van der Waals surface area (Å²) in [7, 11) is -3.74. The van der Waals surface area contributed by atoms with Crippen LogP contribution in [0.5, 0.6) is 0 Å². The monoisotopic (exact) mass is 384 g/mol. The normalized spacial score (nSPS) is 11.7. The van der Waals surface area contributed by atoms with Gasteiger partial charge in [-0.05, 0) is 54.6 Å². The van der Waals surface area contributed by atoms with Crippen LogP contribution in [0.1, 0.15) is 0 Å². The summed E-state index contributed by atoms with van der Waals surface area (Å²) in [6.07, 6.45) is 1.53. The van der Waals surface area contributed by atoms with Crippen molar-refractivity contribution in [3.63, 3.8) is 0 Å². The van der Waals surface area contributed by atoms with Gasteiger partial charge in [0.1, 0.15) is 5.82 Å². The first-order valence-corrected chi connectivity index (χ1v) is 10.0. The van der Waals surface area contributed by atoms with E-state index in [0.29, 0.717) is 5.52 Å². The molecular formula is C19H13FN2O2S2. The lowest BCUT2D eigenvalue weighted by Crippen LogP contribution is -2.14. The maximum absolute atomic E-state index is 13.0. The number of hydrogen-bond acceptors (Lipinski definition) is 4. The summed E-state index contributed by atoms with van der Waals surface area (Å²) in [5, 5.41) is 4.79. The van der Waals surface area contributed by atoms with Crippen LogP contribution in [-0.4, -0.2) is 17.6 Å². The fourth-order valence-corrected chi connectivity index (χ4v) is 4.74. The molecule has 0 aliphatic rings. The predicted octanol–water partition coefficient (Wildman–Crippen LogP) is 4.56.